The number of benzene rings is 2. The number of fused-ring (bicyclic) bond motifs is 1. The molecule has 2 aromatic carbocycles. The molecule has 0 atom stereocenters. The van der Waals surface area contributed by atoms with Gasteiger partial charge in [0.2, 0.25) is 0 Å². The van der Waals surface area contributed by atoms with Gasteiger partial charge >= 0.3 is 11.7 Å². The Hall–Kier alpha value is -3.30. The molecule has 5 nitrogen and oxygen atoms in total. The second kappa shape index (κ2) is 6.86. The fourth-order valence-corrected chi connectivity index (χ4v) is 2.66. The third-order valence-electron chi connectivity index (χ3n) is 3.67. The lowest BCUT2D eigenvalue weighted by atomic mass is 9.93. The first-order chi connectivity index (χ1) is 11.8. The van der Waals surface area contributed by atoms with Crippen LogP contribution in [0.1, 0.15) is 12.5 Å². The van der Waals surface area contributed by atoms with Crippen LogP contribution in [0, 0.1) is 0 Å². The largest absolute Gasteiger partial charge is 0.457 e. The highest BCUT2D eigenvalue weighted by atomic mass is 16.5. The van der Waals surface area contributed by atoms with Crippen molar-refractivity contribution in [2.45, 2.75) is 6.92 Å². The zero-order valence-electron chi connectivity index (χ0n) is 13.1. The number of hydrogen-bond acceptors (Lipinski definition) is 3. The molecule has 0 amide bonds. The van der Waals surface area contributed by atoms with E-state index in [1.165, 1.54) is 0 Å². The van der Waals surface area contributed by atoms with Crippen molar-refractivity contribution >= 4 is 22.5 Å². The molecule has 0 fully saturated rings. The molecule has 0 unspecified atom stereocenters. The summed E-state index contributed by atoms with van der Waals surface area (Å²) in [5.74, 6) is -0.674. The molecule has 0 aliphatic heterocycles. The number of hydrogen-bond donors (Lipinski definition) is 0. The molecule has 3 rings (SSSR count). The molecule has 0 aliphatic rings. The van der Waals surface area contributed by atoms with Crippen LogP contribution >= 0.6 is 0 Å². The second-order valence-corrected chi connectivity index (χ2v) is 5.09. The number of carbonyl (C=O) groups excluding carboxylic acids is 1. The van der Waals surface area contributed by atoms with Gasteiger partial charge in [-0.3, -0.25) is 4.98 Å². The zero-order valence-corrected chi connectivity index (χ0v) is 13.1. The average Bonchev–Trinajstić information content (AvgIpc) is 2.63. The van der Waals surface area contributed by atoms with Gasteiger partial charge in [0.1, 0.15) is 0 Å². The molecule has 0 radical (unpaired) electrons. The van der Waals surface area contributed by atoms with Gasteiger partial charge < -0.3 is 10.3 Å². The number of rotatable bonds is 4. The van der Waals surface area contributed by atoms with Crippen molar-refractivity contribution in [2.24, 2.45) is 0 Å². The highest BCUT2D eigenvalue weighted by Gasteiger charge is 2.29. The lowest BCUT2D eigenvalue weighted by Gasteiger charge is -2.10. The maximum Gasteiger partial charge on any atom is 0.422 e. The quantitative estimate of drug-likeness (QED) is 0.320. The number of nitrogens with zero attached hydrogens (tertiary/aromatic N) is 3. The van der Waals surface area contributed by atoms with E-state index in [0.29, 0.717) is 11.3 Å². The molecule has 0 spiro atoms. The molecular formula is C19H15N3O2. The highest BCUT2D eigenvalue weighted by molar-refractivity contribution is 6.42. The van der Waals surface area contributed by atoms with E-state index < -0.39 is 5.97 Å². The number of ether oxygens (including phenoxy) is 1. The Morgan fingerprint density at radius 2 is 1.92 bits per heavy atom. The molecular weight excluding hydrogens is 302 g/mol. The fraction of sp³-hybridized carbons (Fsp3) is 0.105. The number of esters is 1. The maximum absolute atomic E-state index is 12.2. The summed E-state index contributed by atoms with van der Waals surface area (Å²) in [6.45, 7) is 1.90. The summed E-state index contributed by atoms with van der Waals surface area (Å²) < 4.78 is 5.00. The van der Waals surface area contributed by atoms with Gasteiger partial charge in [0.05, 0.1) is 17.9 Å². The van der Waals surface area contributed by atoms with Crippen molar-refractivity contribution in [3.8, 4) is 11.3 Å². The molecule has 5 heteroatoms. The van der Waals surface area contributed by atoms with E-state index in [0.717, 1.165) is 16.3 Å². The van der Waals surface area contributed by atoms with Crippen molar-refractivity contribution in [3.05, 3.63) is 71.9 Å². The Balaban J connectivity index is 2.33. The van der Waals surface area contributed by atoms with Gasteiger partial charge in [-0.05, 0) is 35.9 Å². The lowest BCUT2D eigenvalue weighted by Crippen LogP contribution is -2.20. The van der Waals surface area contributed by atoms with Crippen LogP contribution < -0.4 is 0 Å². The first-order valence-electron chi connectivity index (χ1n) is 7.59. The van der Waals surface area contributed by atoms with Crippen LogP contribution in [0.2, 0.25) is 0 Å². The molecule has 1 heterocycles. The van der Waals surface area contributed by atoms with Crippen molar-refractivity contribution in [1.29, 1.82) is 0 Å². The van der Waals surface area contributed by atoms with Crippen molar-refractivity contribution < 1.29 is 14.3 Å². The number of carbonyl (C=O) groups is 1. The SMILES string of the molecule is CCOC(=O)C(=[N+]=[N-])c1ccc2ccccc2c1-c1ccccn1. The Morgan fingerprint density at radius 1 is 1.12 bits per heavy atom. The van der Waals surface area contributed by atoms with Crippen LogP contribution in [-0.4, -0.2) is 28.1 Å². The standard InChI is InChI=1S/C19H15N3O2/c1-2-24-19(23)18(22-20)15-11-10-13-7-3-4-8-14(13)17(15)16-9-5-6-12-21-16/h3-12H,2H2,1H3. The van der Waals surface area contributed by atoms with Gasteiger partial charge in [-0.25, -0.2) is 4.79 Å². The van der Waals surface area contributed by atoms with Crippen molar-refractivity contribution in [1.82, 2.24) is 4.98 Å². The van der Waals surface area contributed by atoms with Crippen LogP contribution in [0.3, 0.4) is 0 Å². The predicted molar refractivity (Wildman–Crippen MR) is 91.5 cm³/mol. The van der Waals surface area contributed by atoms with Crippen LogP contribution in [0.15, 0.2) is 60.8 Å². The van der Waals surface area contributed by atoms with Crippen LogP contribution in [-0.2, 0) is 9.53 Å². The smallest absolute Gasteiger partial charge is 0.422 e. The minimum Gasteiger partial charge on any atom is -0.457 e. The third-order valence-corrected chi connectivity index (χ3v) is 3.67. The minimum absolute atomic E-state index is 0.136. The molecule has 0 aliphatic carbocycles. The molecule has 118 valence electrons. The van der Waals surface area contributed by atoms with Crippen molar-refractivity contribution in [3.63, 3.8) is 0 Å². The van der Waals surface area contributed by atoms with E-state index in [1.807, 2.05) is 48.5 Å². The summed E-state index contributed by atoms with van der Waals surface area (Å²) in [6.07, 6.45) is 1.68. The first-order valence-corrected chi connectivity index (χ1v) is 7.59. The second-order valence-electron chi connectivity index (χ2n) is 5.09. The lowest BCUT2D eigenvalue weighted by molar-refractivity contribution is -0.139. The Morgan fingerprint density at radius 3 is 2.62 bits per heavy atom. The molecule has 24 heavy (non-hydrogen) atoms. The summed E-state index contributed by atoms with van der Waals surface area (Å²) in [4.78, 5) is 19.7. The zero-order chi connectivity index (χ0) is 16.9. The van der Waals surface area contributed by atoms with E-state index in [4.69, 9.17) is 4.74 Å². The van der Waals surface area contributed by atoms with Gasteiger partial charge in [-0.2, -0.15) is 4.79 Å². The molecule has 0 saturated carbocycles. The Bertz CT molecular complexity index is 945. The summed E-state index contributed by atoms with van der Waals surface area (Å²) in [5, 5.41) is 1.92. The van der Waals surface area contributed by atoms with Crippen molar-refractivity contribution in [2.75, 3.05) is 6.61 Å². The molecule has 0 saturated heterocycles. The van der Waals surface area contributed by atoms with E-state index in [1.54, 1.807) is 19.2 Å². The molecule has 1 aromatic heterocycles. The van der Waals surface area contributed by atoms with E-state index in [-0.39, 0.29) is 12.3 Å². The third kappa shape index (κ3) is 2.81. The predicted octanol–water partition coefficient (Wildman–Crippen LogP) is 3.48. The minimum atomic E-state index is -0.674. The van der Waals surface area contributed by atoms with Gasteiger partial charge in [-0.15, -0.1) is 0 Å². The van der Waals surface area contributed by atoms with Crippen LogP contribution in [0.4, 0.5) is 0 Å². The normalized spacial score (nSPS) is 10.2. The maximum atomic E-state index is 12.2. The topological polar surface area (TPSA) is 75.6 Å². The number of aromatic nitrogens is 1. The van der Waals surface area contributed by atoms with Gasteiger partial charge in [0.25, 0.3) is 0 Å². The molecule has 3 aromatic rings. The summed E-state index contributed by atoms with van der Waals surface area (Å²) in [6, 6.07) is 16.9. The van der Waals surface area contributed by atoms with Gasteiger partial charge in [0, 0.05) is 11.8 Å². The fourth-order valence-electron chi connectivity index (χ4n) is 2.66. The summed E-state index contributed by atoms with van der Waals surface area (Å²) in [5.41, 5.74) is 11.2. The van der Waals surface area contributed by atoms with Crippen LogP contribution in [0.5, 0.6) is 0 Å². The van der Waals surface area contributed by atoms with Gasteiger partial charge in [-0.1, -0.05) is 36.4 Å². The summed E-state index contributed by atoms with van der Waals surface area (Å²) in [7, 11) is 0. The van der Waals surface area contributed by atoms with Crippen LogP contribution in [0.25, 0.3) is 27.6 Å². The first kappa shape index (κ1) is 15.6. The van der Waals surface area contributed by atoms with E-state index >= 15 is 0 Å². The highest BCUT2D eigenvalue weighted by Crippen LogP contribution is 2.31. The number of pyridine rings is 1. The average molecular weight is 317 g/mol. The monoisotopic (exact) mass is 317 g/mol. The van der Waals surface area contributed by atoms with E-state index in [9.17, 15) is 10.3 Å². The molecule has 0 bridgehead atoms. The molecule has 0 N–H and O–H groups in total. The summed E-state index contributed by atoms with van der Waals surface area (Å²) >= 11 is 0. The Kier molecular flexibility index (Phi) is 4.45. The van der Waals surface area contributed by atoms with E-state index in [2.05, 4.69) is 9.77 Å². The van der Waals surface area contributed by atoms with Gasteiger partial charge in [0.15, 0.2) is 0 Å². The Labute approximate surface area is 139 Å².